The van der Waals surface area contributed by atoms with E-state index in [0.29, 0.717) is 0 Å². The van der Waals surface area contributed by atoms with Gasteiger partial charge in [-0.1, -0.05) is 10.2 Å². The Labute approximate surface area is 108 Å². The zero-order chi connectivity index (χ0) is 14.7. The van der Waals surface area contributed by atoms with Crippen molar-refractivity contribution in [2.75, 3.05) is 26.3 Å². The number of hydrogen-bond donors (Lipinski definition) is 0. The van der Waals surface area contributed by atoms with Crippen LogP contribution in [0.3, 0.4) is 0 Å². The van der Waals surface area contributed by atoms with Gasteiger partial charge < -0.3 is 9.47 Å². The van der Waals surface area contributed by atoms with E-state index in [1.807, 2.05) is 0 Å². The highest BCUT2D eigenvalue weighted by Crippen LogP contribution is 2.21. The average molecular weight is 270 g/mol. The summed E-state index contributed by atoms with van der Waals surface area (Å²) in [5.74, 6) is -1.09. The Morgan fingerprint density at radius 2 is 1.37 bits per heavy atom. The predicted octanol–water partition coefficient (Wildman–Crippen LogP) is 1.72. The van der Waals surface area contributed by atoms with E-state index in [1.54, 1.807) is 0 Å². The van der Waals surface area contributed by atoms with Crippen LogP contribution in [0.5, 0.6) is 0 Å². The van der Waals surface area contributed by atoms with Crippen molar-refractivity contribution in [2.45, 2.75) is 13.8 Å². The first kappa shape index (κ1) is 16.6. The van der Waals surface area contributed by atoms with Crippen LogP contribution in [0.2, 0.25) is 0 Å². The van der Waals surface area contributed by atoms with Gasteiger partial charge in [-0.15, -0.1) is 0 Å². The molecular formula is C9H14N6O4. The van der Waals surface area contributed by atoms with E-state index in [-0.39, 0.29) is 26.3 Å². The van der Waals surface area contributed by atoms with Gasteiger partial charge in [0.1, 0.15) is 13.2 Å². The molecular weight excluding hydrogens is 256 g/mol. The third kappa shape index (κ3) is 7.48. The lowest BCUT2D eigenvalue weighted by Gasteiger charge is -2.29. The first-order chi connectivity index (χ1) is 8.95. The maximum absolute atomic E-state index is 10.8. The maximum atomic E-state index is 10.8. The zero-order valence-corrected chi connectivity index (χ0v) is 10.6. The van der Waals surface area contributed by atoms with Gasteiger partial charge in [0.25, 0.3) is 0 Å². The Hall–Kier alpha value is -2.44. The van der Waals surface area contributed by atoms with Crippen LogP contribution in [-0.2, 0) is 19.1 Å². The molecule has 0 N–H and O–H groups in total. The topological polar surface area (TPSA) is 150 Å². The van der Waals surface area contributed by atoms with Crippen molar-refractivity contribution < 1.29 is 19.1 Å². The molecule has 0 aromatic carbocycles. The molecule has 10 heteroatoms. The normalized spacial score (nSPS) is 9.79. The third-order valence-electron chi connectivity index (χ3n) is 2.10. The van der Waals surface area contributed by atoms with Gasteiger partial charge in [-0.05, 0) is 11.1 Å². The van der Waals surface area contributed by atoms with Crippen LogP contribution >= 0.6 is 0 Å². The fraction of sp³-hybridized carbons (Fsp3) is 0.778. The molecule has 19 heavy (non-hydrogen) atoms. The van der Waals surface area contributed by atoms with Crippen LogP contribution < -0.4 is 0 Å². The van der Waals surface area contributed by atoms with Crippen molar-refractivity contribution in [1.82, 2.24) is 0 Å². The van der Waals surface area contributed by atoms with Gasteiger partial charge in [0.2, 0.25) is 0 Å². The third-order valence-corrected chi connectivity index (χ3v) is 2.10. The molecule has 0 spiro atoms. The lowest BCUT2D eigenvalue weighted by Crippen LogP contribution is -2.39. The van der Waals surface area contributed by atoms with Crippen LogP contribution in [0, 0.1) is 5.41 Å². The fourth-order valence-corrected chi connectivity index (χ4v) is 1.15. The summed E-state index contributed by atoms with van der Waals surface area (Å²) in [5, 5.41) is 6.74. The largest absolute Gasteiger partial charge is 0.465 e. The minimum absolute atomic E-state index is 0.136. The summed E-state index contributed by atoms with van der Waals surface area (Å²) in [5.41, 5.74) is 15.6. The van der Waals surface area contributed by atoms with Gasteiger partial charge in [-0.3, -0.25) is 9.59 Å². The molecule has 0 fully saturated rings. The molecule has 0 aliphatic heterocycles. The monoisotopic (exact) mass is 270 g/mol. The molecule has 0 saturated heterocycles. The number of esters is 2. The Morgan fingerprint density at radius 3 is 1.63 bits per heavy atom. The molecule has 0 bridgehead atoms. The van der Waals surface area contributed by atoms with Crippen molar-refractivity contribution in [3.8, 4) is 0 Å². The molecule has 0 aliphatic rings. The summed E-state index contributed by atoms with van der Waals surface area (Å²) in [7, 11) is 0. The summed E-state index contributed by atoms with van der Waals surface area (Å²) < 4.78 is 9.67. The second kappa shape index (κ2) is 8.62. The molecule has 0 heterocycles. The Morgan fingerprint density at radius 1 is 1.00 bits per heavy atom. The first-order valence-corrected chi connectivity index (χ1v) is 5.24. The molecule has 0 radical (unpaired) electrons. The Kier molecular flexibility index (Phi) is 7.51. The summed E-state index contributed by atoms with van der Waals surface area (Å²) in [6, 6.07) is 0. The number of azide groups is 2. The summed E-state index contributed by atoms with van der Waals surface area (Å²) in [6.45, 7) is 1.77. The second-order valence-corrected chi connectivity index (χ2v) is 3.84. The lowest BCUT2D eigenvalue weighted by atomic mass is 9.90. The van der Waals surface area contributed by atoms with E-state index in [1.165, 1.54) is 13.8 Å². The zero-order valence-electron chi connectivity index (χ0n) is 10.6. The highest BCUT2D eigenvalue weighted by Gasteiger charge is 2.32. The molecule has 10 nitrogen and oxygen atoms in total. The quantitative estimate of drug-likeness (QED) is 0.285. The van der Waals surface area contributed by atoms with Crippen LogP contribution in [-0.4, -0.2) is 38.2 Å². The number of ether oxygens (including phenoxy) is 2. The molecule has 0 unspecified atom stereocenters. The van der Waals surface area contributed by atoms with Crippen LogP contribution in [0.1, 0.15) is 13.8 Å². The van der Waals surface area contributed by atoms with E-state index in [4.69, 9.17) is 20.5 Å². The minimum atomic E-state index is -1.06. The van der Waals surface area contributed by atoms with E-state index >= 15 is 0 Å². The van der Waals surface area contributed by atoms with Gasteiger partial charge >= 0.3 is 11.9 Å². The number of carbonyl (C=O) groups is 2. The van der Waals surface area contributed by atoms with Crippen LogP contribution in [0.15, 0.2) is 10.2 Å². The Bertz CT molecular complexity index is 384. The molecule has 0 amide bonds. The van der Waals surface area contributed by atoms with Crippen molar-refractivity contribution >= 4 is 11.9 Å². The highest BCUT2D eigenvalue weighted by atomic mass is 16.5. The van der Waals surface area contributed by atoms with Gasteiger partial charge in [-0.25, -0.2) is 0 Å². The predicted molar refractivity (Wildman–Crippen MR) is 63.7 cm³/mol. The molecule has 0 aliphatic carbocycles. The number of rotatable bonds is 8. The lowest BCUT2D eigenvalue weighted by molar-refractivity contribution is -0.150. The van der Waals surface area contributed by atoms with Gasteiger partial charge in [-0.2, -0.15) is 0 Å². The van der Waals surface area contributed by atoms with E-state index in [2.05, 4.69) is 20.1 Å². The minimum Gasteiger partial charge on any atom is -0.465 e. The van der Waals surface area contributed by atoms with Gasteiger partial charge in [0.05, 0.1) is 0 Å². The van der Waals surface area contributed by atoms with E-state index in [9.17, 15) is 9.59 Å². The summed E-state index contributed by atoms with van der Waals surface area (Å²) >= 11 is 0. The second-order valence-electron chi connectivity index (χ2n) is 3.84. The highest BCUT2D eigenvalue weighted by molar-refractivity contribution is 5.66. The van der Waals surface area contributed by atoms with Gasteiger partial charge in [0, 0.05) is 42.2 Å². The standard InChI is InChI=1S/C9H14N6O4/c1-7(16)18-5-9(3-12-14-10,4-13-15-11)6-19-8(2)17/h3-6H2,1-2H3. The molecule has 0 saturated carbocycles. The van der Waals surface area contributed by atoms with Crippen molar-refractivity contribution in [3.05, 3.63) is 20.9 Å². The number of hydrogen-bond acceptors (Lipinski definition) is 6. The molecule has 0 aromatic heterocycles. The summed E-state index contributed by atoms with van der Waals surface area (Å²) in [4.78, 5) is 26.9. The van der Waals surface area contributed by atoms with Crippen molar-refractivity contribution in [3.63, 3.8) is 0 Å². The first-order valence-electron chi connectivity index (χ1n) is 5.24. The van der Waals surface area contributed by atoms with Crippen LogP contribution in [0.25, 0.3) is 20.9 Å². The number of carbonyl (C=O) groups excluding carboxylic acids is 2. The van der Waals surface area contributed by atoms with E-state index in [0.717, 1.165) is 0 Å². The van der Waals surface area contributed by atoms with E-state index < -0.39 is 17.4 Å². The number of nitrogens with zero attached hydrogens (tertiary/aromatic N) is 6. The SMILES string of the molecule is CC(=O)OCC(CN=[N+]=[N-])(CN=[N+]=[N-])COC(C)=O. The molecule has 104 valence electrons. The van der Waals surface area contributed by atoms with Crippen molar-refractivity contribution in [1.29, 1.82) is 0 Å². The Balaban J connectivity index is 5.02. The molecule has 0 aromatic rings. The molecule has 0 rings (SSSR count). The smallest absolute Gasteiger partial charge is 0.302 e. The summed E-state index contributed by atoms with van der Waals surface area (Å²) in [6.07, 6.45) is 0. The average Bonchev–Trinajstić information content (AvgIpc) is 2.37. The maximum Gasteiger partial charge on any atom is 0.302 e. The van der Waals surface area contributed by atoms with Crippen LogP contribution in [0.4, 0.5) is 0 Å². The fourth-order valence-electron chi connectivity index (χ4n) is 1.15. The van der Waals surface area contributed by atoms with Crippen molar-refractivity contribution in [2.24, 2.45) is 15.6 Å². The van der Waals surface area contributed by atoms with Gasteiger partial charge in [0.15, 0.2) is 0 Å². The molecule has 0 atom stereocenters.